The molecule has 4 nitrogen and oxygen atoms in total. The summed E-state index contributed by atoms with van der Waals surface area (Å²) >= 11 is 0. The molecule has 1 aromatic carbocycles. The highest BCUT2D eigenvalue weighted by molar-refractivity contribution is 5.42. The van der Waals surface area contributed by atoms with Crippen LogP contribution in [-0.2, 0) is 12.8 Å². The first-order valence-electron chi connectivity index (χ1n) is 6.58. The maximum Gasteiger partial charge on any atom is 0.0998 e. The molecule has 0 bridgehead atoms. The van der Waals surface area contributed by atoms with Crippen LogP contribution in [0.25, 0.3) is 5.69 Å². The van der Waals surface area contributed by atoms with Gasteiger partial charge < -0.3 is 5.73 Å². The lowest BCUT2D eigenvalue weighted by molar-refractivity contribution is 0.670. The Morgan fingerprint density at radius 2 is 2.17 bits per heavy atom. The van der Waals surface area contributed by atoms with Gasteiger partial charge in [0, 0.05) is 0 Å². The third kappa shape index (κ3) is 1.93. The molecule has 1 aromatic heterocycles. The van der Waals surface area contributed by atoms with Crippen LogP contribution in [0.3, 0.4) is 0 Å². The van der Waals surface area contributed by atoms with Crippen molar-refractivity contribution in [2.45, 2.75) is 38.6 Å². The van der Waals surface area contributed by atoms with Crippen LogP contribution in [0, 0.1) is 0 Å². The van der Waals surface area contributed by atoms with Gasteiger partial charge in [-0.1, -0.05) is 18.2 Å². The monoisotopic (exact) mass is 242 g/mol. The van der Waals surface area contributed by atoms with Crippen LogP contribution in [0.15, 0.2) is 24.4 Å². The Labute approximate surface area is 107 Å². The Morgan fingerprint density at radius 3 is 3.00 bits per heavy atom. The highest BCUT2D eigenvalue weighted by Gasteiger charge is 2.13. The molecule has 3 rings (SSSR count). The fraction of sp³-hybridized carbons (Fsp3) is 0.429. The Bertz CT molecular complexity index is 559. The zero-order chi connectivity index (χ0) is 12.5. The van der Waals surface area contributed by atoms with Gasteiger partial charge in [-0.05, 0) is 48.9 Å². The third-order valence-corrected chi connectivity index (χ3v) is 3.68. The van der Waals surface area contributed by atoms with Crippen LogP contribution in [0.4, 0.5) is 0 Å². The number of nitrogens with zero attached hydrogens (tertiary/aromatic N) is 3. The van der Waals surface area contributed by atoms with E-state index in [-0.39, 0.29) is 6.04 Å². The molecule has 1 aliphatic rings. The molecule has 0 saturated heterocycles. The lowest BCUT2D eigenvalue weighted by atomic mass is 10.1. The Morgan fingerprint density at radius 1 is 1.33 bits per heavy atom. The molecule has 0 spiro atoms. The number of fused-ring (bicyclic) bond motifs is 1. The Balaban J connectivity index is 1.92. The van der Waals surface area contributed by atoms with Crippen LogP contribution in [-0.4, -0.2) is 15.0 Å². The summed E-state index contributed by atoms with van der Waals surface area (Å²) in [4.78, 5) is 0. The van der Waals surface area contributed by atoms with Gasteiger partial charge in [0.15, 0.2) is 0 Å². The molecule has 0 aliphatic heterocycles. The number of benzene rings is 1. The molecule has 1 heterocycles. The van der Waals surface area contributed by atoms with Crippen molar-refractivity contribution in [2.24, 2.45) is 5.73 Å². The highest BCUT2D eigenvalue weighted by Crippen LogP contribution is 2.24. The predicted octanol–water partition coefficient (Wildman–Crippen LogP) is 2.17. The summed E-state index contributed by atoms with van der Waals surface area (Å²) in [6.45, 7) is 2.05. The molecule has 94 valence electrons. The molecule has 4 heteroatoms. The second-order valence-electron chi connectivity index (χ2n) is 4.91. The maximum absolute atomic E-state index is 5.96. The highest BCUT2D eigenvalue weighted by atomic mass is 15.4. The second-order valence-corrected chi connectivity index (χ2v) is 4.91. The molecular weight excluding hydrogens is 224 g/mol. The quantitative estimate of drug-likeness (QED) is 0.897. The molecule has 0 radical (unpaired) electrons. The topological polar surface area (TPSA) is 56.7 Å². The van der Waals surface area contributed by atoms with Gasteiger partial charge in [0.2, 0.25) is 0 Å². The smallest absolute Gasteiger partial charge is 0.0998 e. The first-order chi connectivity index (χ1) is 8.78. The molecule has 18 heavy (non-hydrogen) atoms. The fourth-order valence-electron chi connectivity index (χ4n) is 2.48. The zero-order valence-electron chi connectivity index (χ0n) is 10.6. The molecule has 1 aliphatic carbocycles. The van der Waals surface area contributed by atoms with E-state index in [9.17, 15) is 0 Å². The van der Waals surface area contributed by atoms with Gasteiger partial charge in [-0.25, -0.2) is 4.68 Å². The second kappa shape index (κ2) is 4.53. The summed E-state index contributed by atoms with van der Waals surface area (Å²) in [5.74, 6) is 0. The average molecular weight is 242 g/mol. The van der Waals surface area contributed by atoms with Gasteiger partial charge in [0.1, 0.15) is 0 Å². The zero-order valence-corrected chi connectivity index (χ0v) is 10.6. The van der Waals surface area contributed by atoms with Crippen LogP contribution in [0.5, 0.6) is 0 Å². The molecule has 0 saturated carbocycles. The van der Waals surface area contributed by atoms with Gasteiger partial charge in [-0.2, -0.15) is 0 Å². The van der Waals surface area contributed by atoms with E-state index in [0.717, 1.165) is 17.8 Å². The lowest BCUT2D eigenvalue weighted by Crippen LogP contribution is -2.08. The molecular formula is C14H18N4. The standard InChI is InChI=1S/C14H18N4/c1-2-13(15)14-9-18(17-16-14)12-7-6-10-4-3-5-11(10)8-12/h6-9,13H,2-5,15H2,1H3. The van der Waals surface area contributed by atoms with E-state index in [4.69, 9.17) is 5.73 Å². The van der Waals surface area contributed by atoms with Crippen molar-refractivity contribution < 1.29 is 0 Å². The van der Waals surface area contributed by atoms with Gasteiger partial charge in [0.05, 0.1) is 23.6 Å². The van der Waals surface area contributed by atoms with Gasteiger partial charge in [-0.3, -0.25) is 0 Å². The summed E-state index contributed by atoms with van der Waals surface area (Å²) in [6.07, 6.45) is 6.47. The number of nitrogens with two attached hydrogens (primary N) is 1. The van der Waals surface area contributed by atoms with Crippen molar-refractivity contribution >= 4 is 0 Å². The van der Waals surface area contributed by atoms with E-state index in [2.05, 4.69) is 35.4 Å². The third-order valence-electron chi connectivity index (χ3n) is 3.68. The molecule has 1 unspecified atom stereocenters. The summed E-state index contributed by atoms with van der Waals surface area (Å²) in [5, 5.41) is 8.31. The predicted molar refractivity (Wildman–Crippen MR) is 70.6 cm³/mol. The van der Waals surface area contributed by atoms with Crippen LogP contribution in [0.2, 0.25) is 0 Å². The van der Waals surface area contributed by atoms with Crippen LogP contribution < -0.4 is 5.73 Å². The first kappa shape index (κ1) is 11.4. The van der Waals surface area contributed by atoms with Gasteiger partial charge in [0.25, 0.3) is 0 Å². The minimum atomic E-state index is -0.0202. The van der Waals surface area contributed by atoms with E-state index in [1.807, 2.05) is 10.9 Å². The molecule has 2 N–H and O–H groups in total. The molecule has 0 fully saturated rings. The Kier molecular flexibility index (Phi) is 2.88. The van der Waals surface area contributed by atoms with Crippen molar-refractivity contribution in [3.05, 3.63) is 41.2 Å². The number of aryl methyl sites for hydroxylation is 2. The minimum absolute atomic E-state index is 0.0202. The minimum Gasteiger partial charge on any atom is -0.323 e. The van der Waals surface area contributed by atoms with Gasteiger partial charge in [-0.15, -0.1) is 5.10 Å². The van der Waals surface area contributed by atoms with Crippen LogP contribution in [0.1, 0.15) is 42.6 Å². The van der Waals surface area contributed by atoms with Crippen molar-refractivity contribution in [3.63, 3.8) is 0 Å². The average Bonchev–Trinajstić information content (AvgIpc) is 3.05. The first-order valence-corrected chi connectivity index (χ1v) is 6.58. The van der Waals surface area contributed by atoms with E-state index in [0.29, 0.717) is 0 Å². The largest absolute Gasteiger partial charge is 0.323 e. The molecule has 2 aromatic rings. The van der Waals surface area contributed by atoms with E-state index in [1.165, 1.54) is 30.4 Å². The van der Waals surface area contributed by atoms with Crippen molar-refractivity contribution in [1.29, 1.82) is 0 Å². The number of hydrogen-bond acceptors (Lipinski definition) is 3. The van der Waals surface area contributed by atoms with Gasteiger partial charge >= 0.3 is 0 Å². The fourth-order valence-corrected chi connectivity index (χ4v) is 2.48. The number of hydrogen-bond donors (Lipinski definition) is 1. The summed E-state index contributed by atoms with van der Waals surface area (Å²) in [7, 11) is 0. The van der Waals surface area contributed by atoms with Crippen molar-refractivity contribution in [2.75, 3.05) is 0 Å². The summed E-state index contributed by atoms with van der Waals surface area (Å²) in [6, 6.07) is 6.52. The normalized spacial score (nSPS) is 15.7. The maximum atomic E-state index is 5.96. The SMILES string of the molecule is CCC(N)c1cn(-c2ccc3c(c2)CCC3)nn1. The van der Waals surface area contributed by atoms with Crippen LogP contribution >= 0.6 is 0 Å². The number of rotatable bonds is 3. The number of aromatic nitrogens is 3. The molecule has 1 atom stereocenters. The molecule has 0 amide bonds. The van der Waals surface area contributed by atoms with E-state index in [1.54, 1.807) is 0 Å². The summed E-state index contributed by atoms with van der Waals surface area (Å²) < 4.78 is 1.82. The van der Waals surface area contributed by atoms with E-state index >= 15 is 0 Å². The lowest BCUT2D eigenvalue weighted by Gasteiger charge is -2.04. The Hall–Kier alpha value is -1.68. The van der Waals surface area contributed by atoms with Crippen molar-refractivity contribution in [3.8, 4) is 5.69 Å². The van der Waals surface area contributed by atoms with Crippen molar-refractivity contribution in [1.82, 2.24) is 15.0 Å². The van der Waals surface area contributed by atoms with E-state index < -0.39 is 0 Å². The summed E-state index contributed by atoms with van der Waals surface area (Å²) in [5.41, 5.74) is 10.8.